The number of rotatable bonds is 3. The Hall–Kier alpha value is -2.71. The van der Waals surface area contributed by atoms with Crippen molar-refractivity contribution in [2.24, 2.45) is 5.92 Å². The van der Waals surface area contributed by atoms with Crippen molar-refractivity contribution in [2.75, 3.05) is 26.3 Å². The molecule has 29 heavy (non-hydrogen) atoms. The fourth-order valence-electron chi connectivity index (χ4n) is 4.04. The van der Waals surface area contributed by atoms with Crippen molar-refractivity contribution in [1.29, 1.82) is 0 Å². The highest BCUT2D eigenvalue weighted by Crippen LogP contribution is 2.40. The van der Waals surface area contributed by atoms with Gasteiger partial charge in [-0.05, 0) is 36.5 Å². The fraction of sp³-hybridized carbons (Fsp3) is 0.381. The number of nitrogens with zero attached hydrogens (tertiary/aromatic N) is 3. The van der Waals surface area contributed by atoms with E-state index in [4.69, 9.17) is 9.72 Å². The molecule has 0 aliphatic carbocycles. The molecule has 7 nitrogen and oxygen atoms in total. The largest absolute Gasteiger partial charge is 0.492 e. The van der Waals surface area contributed by atoms with E-state index >= 15 is 0 Å². The number of ether oxygens (including phenoxy) is 1. The lowest BCUT2D eigenvalue weighted by molar-refractivity contribution is 0.0620. The van der Waals surface area contributed by atoms with Crippen LogP contribution in [-0.2, 0) is 6.42 Å². The van der Waals surface area contributed by atoms with E-state index in [-0.39, 0.29) is 18.4 Å². The molecule has 0 spiro atoms. The molecule has 1 atom stereocenters. The third-order valence-corrected chi connectivity index (χ3v) is 6.70. The number of nitrogens with one attached hydrogen (secondary N) is 1. The maximum absolute atomic E-state index is 13.0. The van der Waals surface area contributed by atoms with Crippen LogP contribution in [-0.4, -0.2) is 57.4 Å². The first-order chi connectivity index (χ1) is 14.2. The van der Waals surface area contributed by atoms with Gasteiger partial charge in [-0.2, -0.15) is 5.10 Å². The first-order valence-electron chi connectivity index (χ1n) is 9.89. The van der Waals surface area contributed by atoms with E-state index in [0.717, 1.165) is 58.8 Å². The van der Waals surface area contributed by atoms with Crippen LogP contribution in [0.25, 0.3) is 22.4 Å². The molecule has 0 saturated carbocycles. The van der Waals surface area contributed by atoms with Gasteiger partial charge < -0.3 is 14.7 Å². The molecule has 150 valence electrons. The van der Waals surface area contributed by atoms with Gasteiger partial charge in [0.15, 0.2) is 5.01 Å². The van der Waals surface area contributed by atoms with Crippen molar-refractivity contribution in [1.82, 2.24) is 20.1 Å². The number of aliphatic hydroxyl groups is 1. The lowest BCUT2D eigenvalue weighted by Crippen LogP contribution is -2.40. The van der Waals surface area contributed by atoms with E-state index in [0.29, 0.717) is 18.2 Å². The van der Waals surface area contributed by atoms with Crippen LogP contribution in [0.2, 0.25) is 0 Å². The Bertz CT molecular complexity index is 1030. The van der Waals surface area contributed by atoms with E-state index in [1.165, 1.54) is 11.3 Å². The Morgan fingerprint density at radius 2 is 2.31 bits per heavy atom. The number of carbonyl (C=O) groups excluding carboxylic acids is 1. The number of amides is 1. The fourth-order valence-corrected chi connectivity index (χ4v) is 5.06. The minimum Gasteiger partial charge on any atom is -0.492 e. The van der Waals surface area contributed by atoms with Crippen LogP contribution in [0.4, 0.5) is 0 Å². The highest BCUT2D eigenvalue weighted by atomic mass is 32.1. The topological polar surface area (TPSA) is 91.3 Å². The number of aromatic amines is 1. The van der Waals surface area contributed by atoms with Crippen LogP contribution in [0.3, 0.4) is 0 Å². The van der Waals surface area contributed by atoms with Crippen molar-refractivity contribution in [3.63, 3.8) is 0 Å². The highest BCUT2D eigenvalue weighted by Gasteiger charge is 2.28. The van der Waals surface area contributed by atoms with Crippen molar-refractivity contribution in [3.8, 4) is 28.1 Å². The summed E-state index contributed by atoms with van der Waals surface area (Å²) in [6.07, 6.45) is 6.26. The predicted molar refractivity (Wildman–Crippen MR) is 110 cm³/mol. The van der Waals surface area contributed by atoms with E-state index in [2.05, 4.69) is 10.2 Å². The molecule has 1 unspecified atom stereocenters. The van der Waals surface area contributed by atoms with Crippen LogP contribution < -0.4 is 4.74 Å². The van der Waals surface area contributed by atoms with Gasteiger partial charge in [0.2, 0.25) is 0 Å². The smallest absolute Gasteiger partial charge is 0.282 e. The minimum absolute atomic E-state index is 0.0290. The standard InChI is InChI=1S/C21H22N4O3S/c26-12-13-2-1-6-25(11-13)21(27)20-24-19-16-4-3-14(15-9-22-23-10-15)8-17(16)28-7-5-18(19)29-20/h3-4,8-10,13,26H,1-2,5-7,11-12H2,(H,22,23). The Morgan fingerprint density at radius 3 is 3.14 bits per heavy atom. The zero-order chi connectivity index (χ0) is 19.8. The first kappa shape index (κ1) is 18.3. The normalized spacial score (nSPS) is 18.5. The summed E-state index contributed by atoms with van der Waals surface area (Å²) in [6.45, 7) is 2.02. The third kappa shape index (κ3) is 3.42. The van der Waals surface area contributed by atoms with Crippen LogP contribution in [0, 0.1) is 5.92 Å². The summed E-state index contributed by atoms with van der Waals surface area (Å²) < 4.78 is 5.99. The minimum atomic E-state index is -0.0290. The van der Waals surface area contributed by atoms with Crippen molar-refractivity contribution >= 4 is 17.2 Å². The Balaban J connectivity index is 1.46. The van der Waals surface area contributed by atoms with Gasteiger partial charge in [0.05, 0.1) is 18.5 Å². The molecule has 0 radical (unpaired) electrons. The number of hydrogen-bond acceptors (Lipinski definition) is 6. The number of thiazole rings is 1. The summed E-state index contributed by atoms with van der Waals surface area (Å²) in [7, 11) is 0. The van der Waals surface area contributed by atoms with Gasteiger partial charge in [-0.1, -0.05) is 6.07 Å². The molecule has 1 saturated heterocycles. The number of benzene rings is 1. The van der Waals surface area contributed by atoms with Crippen LogP contribution in [0.1, 0.15) is 27.5 Å². The maximum Gasteiger partial charge on any atom is 0.282 e. The summed E-state index contributed by atoms with van der Waals surface area (Å²) in [5.74, 6) is 0.921. The SMILES string of the molecule is O=C(c1nc2c(s1)CCOc1cc(-c3cn[nH]c3)ccc1-2)N1CCCC(CO)C1. The van der Waals surface area contributed by atoms with E-state index in [1.807, 2.05) is 29.3 Å². The lowest BCUT2D eigenvalue weighted by atomic mass is 9.99. The molecule has 5 rings (SSSR count). The summed E-state index contributed by atoms with van der Waals surface area (Å²) in [5, 5.41) is 16.8. The quantitative estimate of drug-likeness (QED) is 0.693. The number of fused-ring (bicyclic) bond motifs is 3. The van der Waals surface area contributed by atoms with Gasteiger partial charge in [0.1, 0.15) is 5.75 Å². The molecule has 2 aliphatic heterocycles. The molecular formula is C21H22N4O3S. The van der Waals surface area contributed by atoms with Gasteiger partial charge in [-0.25, -0.2) is 4.98 Å². The van der Waals surface area contributed by atoms with Gasteiger partial charge >= 0.3 is 0 Å². The Morgan fingerprint density at radius 1 is 1.38 bits per heavy atom. The summed E-state index contributed by atoms with van der Waals surface area (Å²) in [5.41, 5.74) is 3.79. The molecule has 1 aromatic carbocycles. The van der Waals surface area contributed by atoms with E-state index in [9.17, 15) is 9.90 Å². The molecule has 1 amide bonds. The summed E-state index contributed by atoms with van der Waals surface area (Å²) >= 11 is 1.46. The molecule has 2 N–H and O–H groups in total. The monoisotopic (exact) mass is 410 g/mol. The number of piperidine rings is 1. The molecule has 0 bridgehead atoms. The van der Waals surface area contributed by atoms with Crippen molar-refractivity contribution in [3.05, 3.63) is 40.5 Å². The lowest BCUT2D eigenvalue weighted by Gasteiger charge is -2.31. The average molecular weight is 410 g/mol. The number of likely N-dealkylation sites (tertiary alicyclic amines) is 1. The van der Waals surface area contributed by atoms with Crippen LogP contribution in [0.5, 0.6) is 5.75 Å². The molecule has 2 aromatic heterocycles. The van der Waals surface area contributed by atoms with Gasteiger partial charge in [0, 0.05) is 48.3 Å². The molecular weight excluding hydrogens is 388 g/mol. The average Bonchev–Trinajstić information content (AvgIpc) is 3.41. The molecule has 2 aliphatic rings. The van der Waals surface area contributed by atoms with E-state index < -0.39 is 0 Å². The second-order valence-electron chi connectivity index (χ2n) is 7.53. The number of aromatic nitrogens is 3. The number of carbonyl (C=O) groups is 1. The Kier molecular flexibility index (Phi) is 4.81. The van der Waals surface area contributed by atoms with Crippen LogP contribution >= 0.6 is 11.3 Å². The maximum atomic E-state index is 13.0. The zero-order valence-electron chi connectivity index (χ0n) is 15.9. The summed E-state index contributed by atoms with van der Waals surface area (Å²) in [4.78, 5) is 20.7. The van der Waals surface area contributed by atoms with Gasteiger partial charge in [0.25, 0.3) is 5.91 Å². The van der Waals surface area contributed by atoms with Gasteiger partial charge in [-0.3, -0.25) is 9.89 Å². The second-order valence-corrected chi connectivity index (χ2v) is 8.61. The summed E-state index contributed by atoms with van der Waals surface area (Å²) in [6, 6.07) is 6.05. The van der Waals surface area contributed by atoms with E-state index in [1.54, 1.807) is 6.20 Å². The highest BCUT2D eigenvalue weighted by molar-refractivity contribution is 7.14. The van der Waals surface area contributed by atoms with Crippen molar-refractivity contribution in [2.45, 2.75) is 19.3 Å². The third-order valence-electron chi connectivity index (χ3n) is 5.60. The van der Waals surface area contributed by atoms with Gasteiger partial charge in [-0.15, -0.1) is 11.3 Å². The molecule has 8 heteroatoms. The second kappa shape index (κ2) is 7.61. The van der Waals surface area contributed by atoms with Crippen LogP contribution in [0.15, 0.2) is 30.6 Å². The number of hydrogen-bond donors (Lipinski definition) is 2. The molecule has 3 aromatic rings. The number of H-pyrrole nitrogens is 1. The van der Waals surface area contributed by atoms with Crippen molar-refractivity contribution < 1.29 is 14.6 Å². The Labute approximate surface area is 172 Å². The molecule has 1 fully saturated rings. The zero-order valence-corrected chi connectivity index (χ0v) is 16.7. The number of aliphatic hydroxyl groups excluding tert-OH is 1. The first-order valence-corrected chi connectivity index (χ1v) is 10.7. The molecule has 4 heterocycles. The predicted octanol–water partition coefficient (Wildman–Crippen LogP) is 2.98.